The fourth-order valence-electron chi connectivity index (χ4n) is 2.98. The molecular weight excluding hydrogens is 390 g/mol. The smallest absolute Gasteiger partial charge is 0.259 e. The third kappa shape index (κ3) is 3.96. The molecule has 3 aromatic carbocycles. The van der Waals surface area contributed by atoms with Crippen molar-refractivity contribution in [2.24, 2.45) is 0 Å². The Hall–Kier alpha value is -3.02. The van der Waals surface area contributed by atoms with Gasteiger partial charge in [0.1, 0.15) is 5.01 Å². The van der Waals surface area contributed by atoms with Crippen LogP contribution in [0.25, 0.3) is 0 Å². The van der Waals surface area contributed by atoms with Gasteiger partial charge in [-0.3, -0.25) is 10.1 Å². The van der Waals surface area contributed by atoms with Crippen LogP contribution >= 0.6 is 22.9 Å². The fourth-order valence-corrected chi connectivity index (χ4v) is 4.10. The molecule has 0 radical (unpaired) electrons. The molecule has 0 bridgehead atoms. The lowest BCUT2D eigenvalue weighted by Crippen LogP contribution is -2.12. The van der Waals surface area contributed by atoms with Crippen LogP contribution in [0.1, 0.15) is 32.4 Å². The van der Waals surface area contributed by atoms with Gasteiger partial charge in [0.25, 0.3) is 5.91 Å². The van der Waals surface area contributed by atoms with E-state index in [9.17, 15) is 4.79 Å². The number of halogens is 1. The molecule has 0 saturated heterocycles. The van der Waals surface area contributed by atoms with Gasteiger partial charge in [-0.15, -0.1) is 10.2 Å². The third-order valence-electron chi connectivity index (χ3n) is 4.29. The largest absolute Gasteiger partial charge is 0.296 e. The standard InChI is InChI=1S/C22H16ClN3OS/c23-18-14-8-7-13-17(18)20(27)24-22-26-25-21(28-22)19(15-9-3-1-4-10-15)16-11-5-2-6-12-16/h1-14,19H,(H,24,26,27). The summed E-state index contributed by atoms with van der Waals surface area (Å²) in [7, 11) is 0. The van der Waals surface area contributed by atoms with E-state index in [1.807, 2.05) is 36.4 Å². The first-order chi connectivity index (χ1) is 13.7. The molecule has 0 atom stereocenters. The number of carbonyl (C=O) groups is 1. The number of carbonyl (C=O) groups excluding carboxylic acids is 1. The van der Waals surface area contributed by atoms with Crippen LogP contribution in [-0.2, 0) is 0 Å². The predicted octanol–water partition coefficient (Wildman–Crippen LogP) is 5.62. The summed E-state index contributed by atoms with van der Waals surface area (Å²) in [4.78, 5) is 12.5. The second-order valence-electron chi connectivity index (χ2n) is 6.13. The summed E-state index contributed by atoms with van der Waals surface area (Å²) >= 11 is 7.47. The highest BCUT2D eigenvalue weighted by atomic mass is 35.5. The van der Waals surface area contributed by atoms with E-state index in [2.05, 4.69) is 39.8 Å². The van der Waals surface area contributed by atoms with Crippen molar-refractivity contribution >= 4 is 34.0 Å². The SMILES string of the molecule is O=C(Nc1nnc(C(c2ccccc2)c2ccccc2)s1)c1ccccc1Cl. The van der Waals surface area contributed by atoms with Gasteiger partial charge in [-0.1, -0.05) is 95.7 Å². The molecule has 0 saturated carbocycles. The summed E-state index contributed by atoms with van der Waals surface area (Å²) in [6.45, 7) is 0. The van der Waals surface area contributed by atoms with E-state index in [1.165, 1.54) is 11.3 Å². The lowest BCUT2D eigenvalue weighted by atomic mass is 9.92. The van der Waals surface area contributed by atoms with Crippen molar-refractivity contribution in [3.05, 3.63) is 112 Å². The highest BCUT2D eigenvalue weighted by Gasteiger charge is 2.22. The van der Waals surface area contributed by atoms with Crippen molar-refractivity contribution in [2.75, 3.05) is 5.32 Å². The summed E-state index contributed by atoms with van der Waals surface area (Å²) in [6, 6.07) is 27.2. The molecule has 1 aromatic heterocycles. The van der Waals surface area contributed by atoms with Gasteiger partial charge in [0.15, 0.2) is 0 Å². The Morgan fingerprint density at radius 2 is 1.39 bits per heavy atom. The van der Waals surface area contributed by atoms with Gasteiger partial charge in [0.2, 0.25) is 5.13 Å². The summed E-state index contributed by atoms with van der Waals surface area (Å²) in [5.74, 6) is -0.352. The summed E-state index contributed by atoms with van der Waals surface area (Å²) in [6.07, 6.45) is 0. The Balaban J connectivity index is 1.64. The van der Waals surface area contributed by atoms with Crippen molar-refractivity contribution in [1.29, 1.82) is 0 Å². The molecule has 6 heteroatoms. The first-order valence-electron chi connectivity index (χ1n) is 8.71. The second-order valence-corrected chi connectivity index (χ2v) is 7.55. The molecule has 0 fully saturated rings. The summed E-state index contributed by atoms with van der Waals surface area (Å²) < 4.78 is 0. The van der Waals surface area contributed by atoms with Crippen LogP contribution in [0.4, 0.5) is 5.13 Å². The Kier molecular flexibility index (Phi) is 5.46. The fraction of sp³-hybridized carbons (Fsp3) is 0.0455. The predicted molar refractivity (Wildman–Crippen MR) is 113 cm³/mol. The summed E-state index contributed by atoms with van der Waals surface area (Å²) in [5.41, 5.74) is 2.64. The molecule has 4 rings (SSSR count). The number of aromatic nitrogens is 2. The van der Waals surface area contributed by atoms with E-state index in [-0.39, 0.29) is 11.8 Å². The van der Waals surface area contributed by atoms with E-state index in [0.717, 1.165) is 16.1 Å². The molecule has 0 aliphatic heterocycles. The lowest BCUT2D eigenvalue weighted by molar-refractivity contribution is 0.102. The first kappa shape index (κ1) is 18.3. The van der Waals surface area contributed by atoms with Crippen molar-refractivity contribution in [3.8, 4) is 0 Å². The minimum atomic E-state index is -0.302. The average molecular weight is 406 g/mol. The Labute approximate surface area is 171 Å². The number of amides is 1. The number of hydrogen-bond acceptors (Lipinski definition) is 4. The number of benzene rings is 3. The van der Waals surface area contributed by atoms with Gasteiger partial charge in [-0.05, 0) is 23.3 Å². The molecule has 1 N–H and O–H groups in total. The zero-order valence-electron chi connectivity index (χ0n) is 14.7. The van der Waals surface area contributed by atoms with E-state index >= 15 is 0 Å². The molecule has 28 heavy (non-hydrogen) atoms. The minimum Gasteiger partial charge on any atom is -0.296 e. The highest BCUT2D eigenvalue weighted by Crippen LogP contribution is 2.34. The molecule has 1 amide bonds. The molecule has 4 aromatic rings. The molecule has 0 unspecified atom stereocenters. The molecule has 0 spiro atoms. The number of nitrogens with one attached hydrogen (secondary N) is 1. The van der Waals surface area contributed by atoms with E-state index in [1.54, 1.807) is 24.3 Å². The molecule has 0 aliphatic rings. The van der Waals surface area contributed by atoms with Gasteiger partial charge in [-0.2, -0.15) is 0 Å². The Bertz CT molecular complexity index is 1040. The third-order valence-corrected chi connectivity index (χ3v) is 5.53. The van der Waals surface area contributed by atoms with Crippen molar-refractivity contribution < 1.29 is 4.79 Å². The normalized spacial score (nSPS) is 10.8. The van der Waals surface area contributed by atoms with Crippen LogP contribution in [-0.4, -0.2) is 16.1 Å². The Morgan fingerprint density at radius 1 is 0.821 bits per heavy atom. The van der Waals surface area contributed by atoms with Crippen LogP contribution in [0.3, 0.4) is 0 Å². The average Bonchev–Trinajstić information content (AvgIpc) is 3.18. The zero-order valence-corrected chi connectivity index (χ0v) is 16.3. The van der Waals surface area contributed by atoms with Crippen molar-refractivity contribution in [1.82, 2.24) is 10.2 Å². The highest BCUT2D eigenvalue weighted by molar-refractivity contribution is 7.15. The minimum absolute atomic E-state index is 0.0501. The van der Waals surface area contributed by atoms with Gasteiger partial charge in [0, 0.05) is 0 Å². The van der Waals surface area contributed by atoms with E-state index in [4.69, 9.17) is 11.6 Å². The first-order valence-corrected chi connectivity index (χ1v) is 9.91. The van der Waals surface area contributed by atoms with Crippen LogP contribution in [0, 0.1) is 0 Å². The van der Waals surface area contributed by atoms with Crippen molar-refractivity contribution in [2.45, 2.75) is 5.92 Å². The zero-order chi connectivity index (χ0) is 19.3. The number of hydrogen-bond donors (Lipinski definition) is 1. The molecule has 4 nitrogen and oxygen atoms in total. The maximum atomic E-state index is 12.5. The second kappa shape index (κ2) is 8.33. The maximum Gasteiger partial charge on any atom is 0.259 e. The molecule has 1 heterocycles. The van der Waals surface area contributed by atoms with Crippen LogP contribution < -0.4 is 5.32 Å². The van der Waals surface area contributed by atoms with Gasteiger partial charge in [0.05, 0.1) is 16.5 Å². The summed E-state index contributed by atoms with van der Waals surface area (Å²) in [5, 5.41) is 13.0. The van der Waals surface area contributed by atoms with E-state index < -0.39 is 0 Å². The monoisotopic (exact) mass is 405 g/mol. The Morgan fingerprint density at radius 3 is 2.00 bits per heavy atom. The quantitative estimate of drug-likeness (QED) is 0.468. The van der Waals surface area contributed by atoms with Gasteiger partial charge in [-0.25, -0.2) is 0 Å². The maximum absolute atomic E-state index is 12.5. The molecule has 138 valence electrons. The van der Waals surface area contributed by atoms with Crippen molar-refractivity contribution in [3.63, 3.8) is 0 Å². The number of rotatable bonds is 5. The van der Waals surface area contributed by atoms with E-state index in [0.29, 0.717) is 15.7 Å². The van der Waals surface area contributed by atoms with Gasteiger partial charge >= 0.3 is 0 Å². The van der Waals surface area contributed by atoms with Gasteiger partial charge < -0.3 is 0 Å². The topological polar surface area (TPSA) is 54.9 Å². The van der Waals surface area contributed by atoms with Crippen LogP contribution in [0.5, 0.6) is 0 Å². The van der Waals surface area contributed by atoms with Crippen LogP contribution in [0.15, 0.2) is 84.9 Å². The molecule has 0 aliphatic carbocycles. The van der Waals surface area contributed by atoms with Crippen LogP contribution in [0.2, 0.25) is 5.02 Å². The lowest BCUT2D eigenvalue weighted by Gasteiger charge is -2.14. The molecular formula is C22H16ClN3OS. The number of nitrogens with zero attached hydrogens (tertiary/aromatic N) is 2. The number of anilines is 1.